The molecule has 0 fully saturated rings. The zero-order valence-electron chi connectivity index (χ0n) is 9.33. The maximum Gasteiger partial charge on any atom is 0.241 e. The van der Waals surface area contributed by atoms with E-state index in [0.717, 1.165) is 0 Å². The monoisotopic (exact) mass is 251 g/mol. The van der Waals surface area contributed by atoms with Gasteiger partial charge in [0.25, 0.3) is 0 Å². The maximum atomic E-state index is 12.0. The Morgan fingerprint density at radius 2 is 1.82 bits per heavy atom. The van der Waals surface area contributed by atoms with E-state index in [2.05, 4.69) is 4.72 Å². The molecule has 1 atom stereocenters. The van der Waals surface area contributed by atoms with Crippen molar-refractivity contribution in [3.8, 4) is 0 Å². The van der Waals surface area contributed by atoms with E-state index >= 15 is 0 Å². The van der Waals surface area contributed by atoms with E-state index < -0.39 is 16.1 Å². The van der Waals surface area contributed by atoms with Crippen LogP contribution in [0.5, 0.6) is 0 Å². The maximum absolute atomic E-state index is 12.0. The molecule has 0 aliphatic carbocycles. The number of benzene rings is 1. The van der Waals surface area contributed by atoms with Gasteiger partial charge in [0.1, 0.15) is 5.76 Å². The van der Waals surface area contributed by atoms with Crippen LogP contribution >= 0.6 is 0 Å². The van der Waals surface area contributed by atoms with E-state index in [1.54, 1.807) is 49.4 Å². The van der Waals surface area contributed by atoms with Crippen molar-refractivity contribution in [2.45, 2.75) is 17.9 Å². The molecule has 0 spiro atoms. The third-order valence-electron chi connectivity index (χ3n) is 2.36. The van der Waals surface area contributed by atoms with Gasteiger partial charge in [-0.15, -0.1) is 0 Å². The number of furan rings is 1. The lowest BCUT2D eigenvalue weighted by Crippen LogP contribution is -2.26. The molecule has 4 nitrogen and oxygen atoms in total. The second kappa shape index (κ2) is 4.73. The molecule has 1 N–H and O–H groups in total. The predicted molar refractivity (Wildman–Crippen MR) is 63.9 cm³/mol. The van der Waals surface area contributed by atoms with Crippen LogP contribution in [-0.4, -0.2) is 8.42 Å². The average Bonchev–Trinajstić information content (AvgIpc) is 2.83. The highest BCUT2D eigenvalue weighted by molar-refractivity contribution is 7.89. The van der Waals surface area contributed by atoms with E-state index in [1.807, 2.05) is 0 Å². The fourth-order valence-electron chi connectivity index (χ4n) is 1.50. The molecule has 1 aromatic carbocycles. The summed E-state index contributed by atoms with van der Waals surface area (Å²) in [4.78, 5) is 0.249. The first-order valence-electron chi connectivity index (χ1n) is 5.20. The lowest BCUT2D eigenvalue weighted by Gasteiger charge is -2.11. The van der Waals surface area contributed by atoms with E-state index in [-0.39, 0.29) is 4.90 Å². The lowest BCUT2D eigenvalue weighted by molar-refractivity contribution is 0.459. The van der Waals surface area contributed by atoms with Crippen molar-refractivity contribution < 1.29 is 12.8 Å². The topological polar surface area (TPSA) is 59.3 Å². The Kier molecular flexibility index (Phi) is 3.31. The van der Waals surface area contributed by atoms with Crippen molar-refractivity contribution in [2.75, 3.05) is 0 Å². The highest BCUT2D eigenvalue weighted by atomic mass is 32.2. The van der Waals surface area contributed by atoms with Gasteiger partial charge in [0.15, 0.2) is 0 Å². The van der Waals surface area contributed by atoms with Crippen LogP contribution in [0.2, 0.25) is 0 Å². The fraction of sp³-hybridized carbons (Fsp3) is 0.167. The van der Waals surface area contributed by atoms with Crippen LogP contribution in [-0.2, 0) is 10.0 Å². The van der Waals surface area contributed by atoms with Gasteiger partial charge in [-0.2, -0.15) is 0 Å². The highest BCUT2D eigenvalue weighted by Crippen LogP contribution is 2.16. The minimum atomic E-state index is -3.50. The molecule has 0 radical (unpaired) electrons. The summed E-state index contributed by atoms with van der Waals surface area (Å²) in [5.74, 6) is 0.588. The third kappa shape index (κ3) is 2.75. The van der Waals surface area contributed by atoms with Gasteiger partial charge < -0.3 is 4.42 Å². The second-order valence-electron chi connectivity index (χ2n) is 3.67. The molecule has 5 heteroatoms. The largest absolute Gasteiger partial charge is 0.468 e. The highest BCUT2D eigenvalue weighted by Gasteiger charge is 2.19. The van der Waals surface area contributed by atoms with Gasteiger partial charge in [-0.1, -0.05) is 18.2 Å². The van der Waals surface area contributed by atoms with Gasteiger partial charge in [0.2, 0.25) is 10.0 Å². The summed E-state index contributed by atoms with van der Waals surface area (Å²) in [7, 11) is -3.50. The molecule has 0 saturated carbocycles. The van der Waals surface area contributed by atoms with Gasteiger partial charge >= 0.3 is 0 Å². The first-order valence-corrected chi connectivity index (χ1v) is 6.69. The van der Waals surface area contributed by atoms with Gasteiger partial charge in [-0.25, -0.2) is 13.1 Å². The average molecular weight is 251 g/mol. The van der Waals surface area contributed by atoms with Crippen molar-refractivity contribution in [3.63, 3.8) is 0 Å². The number of hydrogen-bond donors (Lipinski definition) is 1. The third-order valence-corrected chi connectivity index (χ3v) is 3.91. The van der Waals surface area contributed by atoms with Crippen LogP contribution in [0.25, 0.3) is 0 Å². The summed E-state index contributed by atoms with van der Waals surface area (Å²) in [5.41, 5.74) is 0. The molecule has 0 unspecified atom stereocenters. The Balaban J connectivity index is 2.19. The van der Waals surface area contributed by atoms with E-state index in [9.17, 15) is 8.42 Å². The van der Waals surface area contributed by atoms with Crippen molar-refractivity contribution in [1.29, 1.82) is 0 Å². The van der Waals surface area contributed by atoms with Crippen LogP contribution in [0, 0.1) is 0 Å². The SMILES string of the molecule is C[C@@H](NS(=O)(=O)c1ccccc1)c1ccco1. The van der Waals surface area contributed by atoms with Crippen LogP contribution in [0.15, 0.2) is 58.0 Å². The Hall–Kier alpha value is -1.59. The van der Waals surface area contributed by atoms with Crippen molar-refractivity contribution in [2.24, 2.45) is 0 Å². The molecular weight excluding hydrogens is 238 g/mol. The summed E-state index contributed by atoms with van der Waals surface area (Å²) >= 11 is 0. The number of nitrogens with one attached hydrogen (secondary N) is 1. The minimum absolute atomic E-state index is 0.249. The molecule has 17 heavy (non-hydrogen) atoms. The Bertz CT molecular complexity index is 561. The summed E-state index contributed by atoms with van der Waals surface area (Å²) in [6.07, 6.45) is 1.52. The molecule has 2 aromatic rings. The molecule has 0 saturated heterocycles. The van der Waals surface area contributed by atoms with Gasteiger partial charge in [-0.05, 0) is 31.2 Å². The normalized spacial score (nSPS) is 13.5. The summed E-state index contributed by atoms with van der Waals surface area (Å²) in [5, 5.41) is 0. The van der Waals surface area contributed by atoms with Crippen LogP contribution < -0.4 is 4.72 Å². The predicted octanol–water partition coefficient (Wildman–Crippen LogP) is 2.32. The number of sulfonamides is 1. The molecule has 1 heterocycles. The van der Waals surface area contributed by atoms with E-state index in [0.29, 0.717) is 5.76 Å². The van der Waals surface area contributed by atoms with Crippen LogP contribution in [0.3, 0.4) is 0 Å². The zero-order valence-corrected chi connectivity index (χ0v) is 10.1. The number of rotatable bonds is 4. The molecule has 2 rings (SSSR count). The summed E-state index contributed by atoms with van der Waals surface area (Å²) in [6, 6.07) is 11.3. The first kappa shape index (κ1) is 11.9. The minimum Gasteiger partial charge on any atom is -0.468 e. The van der Waals surface area contributed by atoms with E-state index in [4.69, 9.17) is 4.42 Å². The zero-order chi connectivity index (χ0) is 12.3. The molecular formula is C12H13NO3S. The Labute approximate surface area is 100 Å². The molecule has 90 valence electrons. The molecule has 0 aliphatic rings. The second-order valence-corrected chi connectivity index (χ2v) is 5.39. The van der Waals surface area contributed by atoms with Crippen molar-refractivity contribution >= 4 is 10.0 Å². The Morgan fingerprint density at radius 1 is 1.12 bits per heavy atom. The quantitative estimate of drug-likeness (QED) is 0.907. The summed E-state index contributed by atoms with van der Waals surface area (Å²) in [6.45, 7) is 1.74. The molecule has 0 aliphatic heterocycles. The fourth-order valence-corrected chi connectivity index (χ4v) is 2.73. The molecule has 0 bridgehead atoms. The van der Waals surface area contributed by atoms with Gasteiger partial charge in [-0.3, -0.25) is 0 Å². The first-order chi connectivity index (χ1) is 8.09. The lowest BCUT2D eigenvalue weighted by atomic mass is 10.3. The van der Waals surface area contributed by atoms with Gasteiger partial charge in [0.05, 0.1) is 17.2 Å². The number of hydrogen-bond acceptors (Lipinski definition) is 3. The van der Waals surface area contributed by atoms with Crippen molar-refractivity contribution in [1.82, 2.24) is 4.72 Å². The molecule has 0 amide bonds. The Morgan fingerprint density at radius 3 is 2.41 bits per heavy atom. The smallest absolute Gasteiger partial charge is 0.241 e. The van der Waals surface area contributed by atoms with Gasteiger partial charge in [0, 0.05) is 0 Å². The van der Waals surface area contributed by atoms with Crippen LogP contribution in [0.1, 0.15) is 18.7 Å². The summed E-state index contributed by atoms with van der Waals surface area (Å²) < 4.78 is 31.7. The van der Waals surface area contributed by atoms with Crippen molar-refractivity contribution in [3.05, 3.63) is 54.5 Å². The van der Waals surface area contributed by atoms with Crippen LogP contribution in [0.4, 0.5) is 0 Å². The standard InChI is InChI=1S/C12H13NO3S/c1-10(12-8-5-9-16-12)13-17(14,15)11-6-3-2-4-7-11/h2-10,13H,1H3/t10-/m1/s1. The van der Waals surface area contributed by atoms with E-state index in [1.165, 1.54) is 6.26 Å². The molecule has 1 aromatic heterocycles.